The Hall–Kier alpha value is -3.52. The Bertz CT molecular complexity index is 1800. The van der Waals surface area contributed by atoms with Crippen molar-refractivity contribution < 1.29 is 29.0 Å². The highest BCUT2D eigenvalue weighted by atomic mass is 127. The van der Waals surface area contributed by atoms with E-state index in [1.54, 1.807) is 42.5 Å². The summed E-state index contributed by atoms with van der Waals surface area (Å²) in [7, 11) is 1.48. The number of amides is 4. The minimum atomic E-state index is -0.648. The molecule has 3 fully saturated rings. The van der Waals surface area contributed by atoms with E-state index in [9.17, 15) is 24.3 Å². The van der Waals surface area contributed by atoms with Gasteiger partial charge in [0.15, 0.2) is 11.5 Å². The van der Waals surface area contributed by atoms with Gasteiger partial charge in [-0.05, 0) is 130 Å². The van der Waals surface area contributed by atoms with E-state index in [1.807, 2.05) is 42.5 Å². The molecule has 0 radical (unpaired) electrons. The molecule has 45 heavy (non-hydrogen) atoms. The largest absolute Gasteiger partial charge is 0.504 e. The molecular formula is C35H28I2N2O6. The Kier molecular flexibility index (Phi) is 7.83. The quantitative estimate of drug-likeness (QED) is 0.187. The first-order valence-electron chi connectivity index (χ1n) is 14.7. The van der Waals surface area contributed by atoms with Gasteiger partial charge in [0.1, 0.15) is 0 Å². The lowest BCUT2D eigenvalue weighted by molar-refractivity contribution is -0.126. The molecule has 3 aromatic carbocycles. The molecule has 0 bridgehead atoms. The van der Waals surface area contributed by atoms with E-state index >= 15 is 0 Å². The van der Waals surface area contributed by atoms with Gasteiger partial charge < -0.3 is 9.84 Å². The topological polar surface area (TPSA) is 104 Å². The van der Waals surface area contributed by atoms with E-state index in [0.29, 0.717) is 30.0 Å². The molecule has 10 heteroatoms. The van der Waals surface area contributed by atoms with Crippen molar-refractivity contribution in [3.8, 4) is 11.5 Å². The Morgan fingerprint density at radius 2 is 1.33 bits per heavy atom. The van der Waals surface area contributed by atoms with E-state index in [2.05, 4.69) is 45.2 Å². The number of hydrogen-bond donors (Lipinski definition) is 1. The summed E-state index contributed by atoms with van der Waals surface area (Å²) in [6.07, 6.45) is 6.54. The number of imide groups is 2. The van der Waals surface area contributed by atoms with E-state index in [-0.39, 0.29) is 35.3 Å². The van der Waals surface area contributed by atoms with Crippen molar-refractivity contribution in [3.63, 3.8) is 0 Å². The zero-order chi connectivity index (χ0) is 31.6. The number of aromatic hydroxyl groups is 1. The molecule has 2 saturated heterocycles. The molecule has 8 nitrogen and oxygen atoms in total. The fourth-order valence-corrected chi connectivity index (χ4v) is 8.27. The average Bonchev–Trinajstić information content (AvgIpc) is 3.44. The Labute approximate surface area is 287 Å². The minimum Gasteiger partial charge on any atom is -0.504 e. The number of benzene rings is 3. The highest BCUT2D eigenvalue weighted by Gasteiger charge is 2.61. The maximum absolute atomic E-state index is 14.1. The van der Waals surface area contributed by atoms with Crippen molar-refractivity contribution in [1.82, 2.24) is 0 Å². The van der Waals surface area contributed by atoms with Gasteiger partial charge in [-0.1, -0.05) is 29.9 Å². The second kappa shape index (κ2) is 11.7. The SMILES string of the molecule is COc1cc(C=C[C@H]2C3=CC[C@@H]4C(=O)N(c5ccc(I)cc5)C(=O)[C@@H]4[C@@H]3C[C@H]3C(=O)N(c4ccc(I)cc4)C(=O)[C@@H]23)ccc1O. The first-order chi connectivity index (χ1) is 21.7. The number of anilines is 2. The smallest absolute Gasteiger partial charge is 0.238 e. The predicted octanol–water partition coefficient (Wildman–Crippen LogP) is 6.20. The van der Waals surface area contributed by atoms with Crippen LogP contribution in [-0.4, -0.2) is 35.8 Å². The van der Waals surface area contributed by atoms with Crippen LogP contribution in [0.5, 0.6) is 11.5 Å². The molecule has 1 saturated carbocycles. The molecule has 0 spiro atoms. The van der Waals surface area contributed by atoms with Crippen LogP contribution >= 0.6 is 45.2 Å². The minimum absolute atomic E-state index is 0.0142. The van der Waals surface area contributed by atoms with E-state index in [0.717, 1.165) is 18.3 Å². The molecule has 6 atom stereocenters. The predicted molar refractivity (Wildman–Crippen MR) is 185 cm³/mol. The number of phenols is 1. The number of hydrogen-bond acceptors (Lipinski definition) is 6. The van der Waals surface area contributed by atoms with Gasteiger partial charge >= 0.3 is 0 Å². The summed E-state index contributed by atoms with van der Waals surface area (Å²) in [5.41, 5.74) is 2.75. The summed E-state index contributed by atoms with van der Waals surface area (Å²) in [5.74, 6) is -3.93. The summed E-state index contributed by atoms with van der Waals surface area (Å²) < 4.78 is 7.27. The number of phenolic OH excluding ortho intramolecular Hbond substituents is 1. The lowest BCUT2D eigenvalue weighted by Crippen LogP contribution is -2.43. The number of methoxy groups -OCH3 is 1. The van der Waals surface area contributed by atoms with Crippen LogP contribution in [0.15, 0.2) is 84.5 Å². The van der Waals surface area contributed by atoms with Crippen LogP contribution in [-0.2, 0) is 19.2 Å². The number of fused-ring (bicyclic) bond motifs is 4. The van der Waals surface area contributed by atoms with E-state index in [1.165, 1.54) is 16.9 Å². The average molecular weight is 826 g/mol. The second-order valence-corrected chi connectivity index (χ2v) is 14.3. The molecule has 2 aliphatic carbocycles. The van der Waals surface area contributed by atoms with Crippen LogP contribution < -0.4 is 14.5 Å². The van der Waals surface area contributed by atoms with Gasteiger partial charge in [-0.15, -0.1) is 0 Å². The van der Waals surface area contributed by atoms with Crippen molar-refractivity contribution in [2.24, 2.45) is 35.5 Å². The zero-order valence-corrected chi connectivity index (χ0v) is 28.4. The lowest BCUT2D eigenvalue weighted by Gasteiger charge is -2.42. The number of allylic oxidation sites excluding steroid dienone is 3. The molecule has 0 aromatic heterocycles. The van der Waals surface area contributed by atoms with Crippen LogP contribution in [0.4, 0.5) is 11.4 Å². The van der Waals surface area contributed by atoms with Gasteiger partial charge in [-0.25, -0.2) is 0 Å². The fourth-order valence-electron chi connectivity index (χ4n) is 7.55. The second-order valence-electron chi connectivity index (χ2n) is 11.8. The van der Waals surface area contributed by atoms with Gasteiger partial charge in [-0.2, -0.15) is 0 Å². The summed E-state index contributed by atoms with van der Waals surface area (Å²) in [6, 6.07) is 19.6. The van der Waals surface area contributed by atoms with Gasteiger partial charge in [-0.3, -0.25) is 29.0 Å². The van der Waals surface area contributed by atoms with Crippen molar-refractivity contribution in [2.75, 3.05) is 16.9 Å². The molecule has 3 aromatic rings. The number of ether oxygens (including phenoxy) is 1. The first kappa shape index (κ1) is 30.2. The highest BCUT2D eigenvalue weighted by molar-refractivity contribution is 14.1. The van der Waals surface area contributed by atoms with Crippen molar-refractivity contribution in [3.05, 3.63) is 97.2 Å². The van der Waals surface area contributed by atoms with Gasteiger partial charge in [0.2, 0.25) is 23.6 Å². The zero-order valence-electron chi connectivity index (χ0n) is 24.1. The van der Waals surface area contributed by atoms with Crippen molar-refractivity contribution in [2.45, 2.75) is 12.8 Å². The molecule has 0 unspecified atom stereocenters. The van der Waals surface area contributed by atoms with Crippen LogP contribution in [0.25, 0.3) is 6.08 Å². The van der Waals surface area contributed by atoms with E-state index < -0.39 is 29.6 Å². The number of nitrogens with zero attached hydrogens (tertiary/aromatic N) is 2. The molecule has 7 rings (SSSR count). The Morgan fingerprint density at radius 3 is 1.93 bits per heavy atom. The molecule has 4 aliphatic rings. The number of carbonyl (C=O) groups is 4. The maximum atomic E-state index is 14.1. The third-order valence-electron chi connectivity index (χ3n) is 9.57. The fraction of sp³-hybridized carbons (Fsp3) is 0.257. The summed E-state index contributed by atoms with van der Waals surface area (Å²) >= 11 is 4.37. The lowest BCUT2D eigenvalue weighted by atomic mass is 9.58. The van der Waals surface area contributed by atoms with Crippen LogP contribution in [0, 0.1) is 42.6 Å². The molecule has 4 amide bonds. The van der Waals surface area contributed by atoms with Crippen LogP contribution in [0.3, 0.4) is 0 Å². The monoisotopic (exact) mass is 826 g/mol. The van der Waals surface area contributed by atoms with Gasteiger partial charge in [0.25, 0.3) is 0 Å². The molecular weight excluding hydrogens is 798 g/mol. The number of halogens is 2. The Balaban J connectivity index is 1.30. The van der Waals surface area contributed by atoms with Crippen LogP contribution in [0.1, 0.15) is 18.4 Å². The van der Waals surface area contributed by atoms with Crippen molar-refractivity contribution >= 4 is 86.3 Å². The van der Waals surface area contributed by atoms with Crippen molar-refractivity contribution in [1.29, 1.82) is 0 Å². The third kappa shape index (κ3) is 5.00. The molecule has 2 aliphatic heterocycles. The maximum Gasteiger partial charge on any atom is 0.238 e. The van der Waals surface area contributed by atoms with Gasteiger partial charge in [0.05, 0.1) is 42.2 Å². The highest BCUT2D eigenvalue weighted by Crippen LogP contribution is 2.56. The first-order valence-corrected chi connectivity index (χ1v) is 16.9. The molecule has 228 valence electrons. The summed E-state index contributed by atoms with van der Waals surface area (Å²) in [6.45, 7) is 0. The standard InChI is InChI=1S/C35H28I2N2O6/c1-45-29-16-18(3-15-28(29)40)2-12-24-23-13-14-25-31(35(44)38(32(25)41)21-8-4-19(36)5-9-21)26(23)17-27-30(24)34(43)39(33(27)42)22-10-6-20(37)7-11-22/h2-13,15-16,24-27,30-31,40H,14,17H2,1H3/t24-,25-,26+,27+,30-,31-/m0/s1. The van der Waals surface area contributed by atoms with Crippen LogP contribution in [0.2, 0.25) is 0 Å². The normalized spacial score (nSPS) is 27.5. The summed E-state index contributed by atoms with van der Waals surface area (Å²) in [5, 5.41) is 10.1. The number of rotatable bonds is 5. The summed E-state index contributed by atoms with van der Waals surface area (Å²) in [4.78, 5) is 58.6. The number of carbonyl (C=O) groups excluding carboxylic acids is 4. The van der Waals surface area contributed by atoms with E-state index in [4.69, 9.17) is 4.74 Å². The van der Waals surface area contributed by atoms with Gasteiger partial charge in [0, 0.05) is 13.1 Å². The molecule has 1 N–H and O–H groups in total. The molecule has 2 heterocycles. The Morgan fingerprint density at radius 1 is 0.756 bits per heavy atom. The third-order valence-corrected chi connectivity index (χ3v) is 11.0.